The number of hydrogen-bond acceptors (Lipinski definition) is 4. The Morgan fingerprint density at radius 3 is 2.85 bits per heavy atom. The van der Waals surface area contributed by atoms with Gasteiger partial charge >= 0.3 is 0 Å². The number of pyridine rings is 1. The minimum absolute atomic E-state index is 0.271. The maximum atomic E-state index is 9.77. The number of aromatic nitrogens is 1. The molecule has 0 unspecified atom stereocenters. The largest absolute Gasteiger partial charge is 0.439 e. The third-order valence-electron chi connectivity index (χ3n) is 4.71. The summed E-state index contributed by atoms with van der Waals surface area (Å²) in [5, 5.41) is 13.1. The van der Waals surface area contributed by atoms with E-state index in [-0.39, 0.29) is 6.10 Å². The Kier molecular flexibility index (Phi) is 6.29. The Morgan fingerprint density at radius 1 is 1.30 bits per heavy atom. The van der Waals surface area contributed by atoms with Gasteiger partial charge in [0.15, 0.2) is 5.96 Å². The van der Waals surface area contributed by atoms with Gasteiger partial charge < -0.3 is 20.1 Å². The van der Waals surface area contributed by atoms with Crippen molar-refractivity contribution in [2.75, 3.05) is 19.6 Å². The van der Waals surface area contributed by atoms with Crippen LogP contribution in [0, 0.1) is 13.8 Å². The van der Waals surface area contributed by atoms with E-state index in [4.69, 9.17) is 9.73 Å². The molecule has 27 heavy (non-hydrogen) atoms. The molecule has 6 nitrogen and oxygen atoms in total. The molecule has 2 N–H and O–H groups in total. The van der Waals surface area contributed by atoms with Gasteiger partial charge in [0.1, 0.15) is 5.75 Å². The van der Waals surface area contributed by atoms with Crippen LogP contribution in [-0.4, -0.2) is 46.7 Å². The van der Waals surface area contributed by atoms with Gasteiger partial charge in [-0.15, -0.1) is 0 Å². The first-order chi connectivity index (χ1) is 13.0. The zero-order chi connectivity index (χ0) is 19.2. The molecule has 0 aliphatic carbocycles. The molecule has 1 aromatic carbocycles. The van der Waals surface area contributed by atoms with E-state index in [0.29, 0.717) is 19.0 Å². The van der Waals surface area contributed by atoms with E-state index >= 15 is 0 Å². The van der Waals surface area contributed by atoms with Crippen LogP contribution < -0.4 is 10.1 Å². The zero-order valence-corrected chi connectivity index (χ0v) is 16.3. The van der Waals surface area contributed by atoms with Crippen molar-refractivity contribution >= 4 is 5.96 Å². The molecule has 0 amide bonds. The third-order valence-corrected chi connectivity index (χ3v) is 4.71. The fraction of sp³-hybridized carbons (Fsp3) is 0.429. The number of β-amino-alcohol motifs (C(OH)–C–C–N with tert-alkyl or cyclic N) is 1. The van der Waals surface area contributed by atoms with Crippen LogP contribution in [0.3, 0.4) is 0 Å². The summed E-state index contributed by atoms with van der Waals surface area (Å²) in [7, 11) is 0. The predicted molar refractivity (Wildman–Crippen MR) is 107 cm³/mol. The van der Waals surface area contributed by atoms with Crippen LogP contribution in [-0.2, 0) is 6.54 Å². The van der Waals surface area contributed by atoms with Crippen molar-refractivity contribution in [1.29, 1.82) is 0 Å². The summed E-state index contributed by atoms with van der Waals surface area (Å²) in [5.41, 5.74) is 3.46. The van der Waals surface area contributed by atoms with Gasteiger partial charge in [0.05, 0.1) is 12.6 Å². The molecule has 0 spiro atoms. The van der Waals surface area contributed by atoms with Crippen molar-refractivity contribution in [1.82, 2.24) is 15.2 Å². The summed E-state index contributed by atoms with van der Waals surface area (Å²) in [6.07, 6.45) is 2.26. The molecule has 1 aliphatic rings. The average molecular weight is 368 g/mol. The lowest BCUT2D eigenvalue weighted by Crippen LogP contribution is -2.40. The lowest BCUT2D eigenvalue weighted by atomic mass is 10.1. The summed E-state index contributed by atoms with van der Waals surface area (Å²) in [6.45, 7) is 8.97. The molecule has 2 heterocycles. The number of aryl methyl sites for hydroxylation is 2. The van der Waals surface area contributed by atoms with E-state index in [0.717, 1.165) is 36.8 Å². The second kappa shape index (κ2) is 8.86. The Morgan fingerprint density at radius 2 is 2.15 bits per heavy atom. The molecule has 2 aromatic rings. The maximum absolute atomic E-state index is 9.77. The molecule has 0 saturated carbocycles. The lowest BCUT2D eigenvalue weighted by molar-refractivity contribution is 0.188. The summed E-state index contributed by atoms with van der Waals surface area (Å²) in [4.78, 5) is 11.1. The Balaban J connectivity index is 1.69. The molecule has 1 aromatic heterocycles. The minimum Gasteiger partial charge on any atom is -0.439 e. The molecule has 1 atom stereocenters. The quantitative estimate of drug-likeness (QED) is 0.627. The molecular formula is C21H28N4O2. The second-order valence-corrected chi connectivity index (χ2v) is 6.91. The minimum atomic E-state index is -0.271. The number of rotatable bonds is 5. The van der Waals surface area contributed by atoms with E-state index in [2.05, 4.69) is 29.0 Å². The molecule has 1 saturated heterocycles. The fourth-order valence-electron chi connectivity index (χ4n) is 3.03. The van der Waals surface area contributed by atoms with Crippen LogP contribution in [0.5, 0.6) is 11.6 Å². The van der Waals surface area contributed by atoms with E-state index in [1.54, 1.807) is 6.20 Å². The molecule has 6 heteroatoms. The van der Waals surface area contributed by atoms with Gasteiger partial charge in [0.25, 0.3) is 0 Å². The van der Waals surface area contributed by atoms with Crippen molar-refractivity contribution < 1.29 is 9.84 Å². The van der Waals surface area contributed by atoms with Crippen molar-refractivity contribution in [3.05, 3.63) is 53.2 Å². The number of nitrogens with zero attached hydrogens (tertiary/aromatic N) is 3. The van der Waals surface area contributed by atoms with Crippen LogP contribution in [0.4, 0.5) is 0 Å². The van der Waals surface area contributed by atoms with Crippen LogP contribution in [0.2, 0.25) is 0 Å². The lowest BCUT2D eigenvalue weighted by Gasteiger charge is -2.20. The maximum Gasteiger partial charge on any atom is 0.219 e. The number of aliphatic imine (C=N–C) groups is 1. The molecular weight excluding hydrogens is 340 g/mol. The first-order valence-electron chi connectivity index (χ1n) is 9.46. The van der Waals surface area contributed by atoms with Crippen molar-refractivity contribution in [3.63, 3.8) is 0 Å². The number of likely N-dealkylation sites (tertiary alicyclic amines) is 1. The average Bonchev–Trinajstić information content (AvgIpc) is 3.08. The number of aliphatic hydroxyl groups is 1. The Hall–Kier alpha value is -2.60. The second-order valence-electron chi connectivity index (χ2n) is 6.91. The van der Waals surface area contributed by atoms with E-state index in [9.17, 15) is 5.11 Å². The van der Waals surface area contributed by atoms with Gasteiger partial charge in [0, 0.05) is 31.9 Å². The van der Waals surface area contributed by atoms with E-state index in [1.807, 2.05) is 37.3 Å². The van der Waals surface area contributed by atoms with Gasteiger partial charge in [0.2, 0.25) is 5.88 Å². The molecule has 1 fully saturated rings. The van der Waals surface area contributed by atoms with Crippen molar-refractivity contribution in [3.8, 4) is 11.6 Å². The first-order valence-corrected chi connectivity index (χ1v) is 9.46. The molecule has 0 radical (unpaired) electrons. The highest BCUT2D eigenvalue weighted by Gasteiger charge is 2.22. The SMILES string of the molecule is CCNC(=NCc1ccnc(Oc2ccc(C)c(C)c2)c1)N1CC[C@@H](O)C1. The summed E-state index contributed by atoms with van der Waals surface area (Å²) in [6, 6.07) is 9.88. The monoisotopic (exact) mass is 368 g/mol. The number of nitrogens with one attached hydrogen (secondary N) is 1. The van der Waals surface area contributed by atoms with Crippen molar-refractivity contribution in [2.24, 2.45) is 4.99 Å². The number of guanidine groups is 1. The number of aliphatic hydroxyl groups excluding tert-OH is 1. The van der Waals surface area contributed by atoms with Gasteiger partial charge in [-0.3, -0.25) is 0 Å². The third kappa shape index (κ3) is 5.20. The van der Waals surface area contributed by atoms with Crippen LogP contribution in [0.15, 0.2) is 41.5 Å². The van der Waals surface area contributed by atoms with Gasteiger partial charge in [-0.05, 0) is 62.1 Å². The Labute approximate surface area is 160 Å². The zero-order valence-electron chi connectivity index (χ0n) is 16.3. The molecule has 0 bridgehead atoms. The van der Waals surface area contributed by atoms with Crippen LogP contribution >= 0.6 is 0 Å². The molecule has 3 rings (SSSR count). The van der Waals surface area contributed by atoms with Crippen LogP contribution in [0.25, 0.3) is 0 Å². The predicted octanol–water partition coefficient (Wildman–Crippen LogP) is 3.02. The topological polar surface area (TPSA) is 70.0 Å². The highest BCUT2D eigenvalue weighted by atomic mass is 16.5. The smallest absolute Gasteiger partial charge is 0.219 e. The summed E-state index contributed by atoms with van der Waals surface area (Å²) >= 11 is 0. The Bertz CT molecular complexity index is 807. The highest BCUT2D eigenvalue weighted by Crippen LogP contribution is 2.23. The summed E-state index contributed by atoms with van der Waals surface area (Å²) in [5.74, 6) is 2.18. The van der Waals surface area contributed by atoms with E-state index < -0.39 is 0 Å². The van der Waals surface area contributed by atoms with Crippen molar-refractivity contribution in [2.45, 2.75) is 39.8 Å². The molecule has 1 aliphatic heterocycles. The number of hydrogen-bond donors (Lipinski definition) is 2. The van der Waals surface area contributed by atoms with E-state index in [1.165, 1.54) is 11.1 Å². The number of ether oxygens (including phenoxy) is 1. The van der Waals surface area contributed by atoms with Gasteiger partial charge in [-0.25, -0.2) is 9.98 Å². The van der Waals surface area contributed by atoms with Crippen LogP contribution in [0.1, 0.15) is 30.0 Å². The fourth-order valence-corrected chi connectivity index (χ4v) is 3.03. The highest BCUT2D eigenvalue weighted by molar-refractivity contribution is 5.80. The van der Waals surface area contributed by atoms with Gasteiger partial charge in [-0.1, -0.05) is 6.07 Å². The van der Waals surface area contributed by atoms with Gasteiger partial charge in [-0.2, -0.15) is 0 Å². The number of benzene rings is 1. The molecule has 144 valence electrons. The first kappa shape index (κ1) is 19.2. The standard InChI is InChI=1S/C21H28N4O2/c1-4-22-21(25-10-8-18(26)14-25)24-13-17-7-9-23-20(12-17)27-19-6-5-15(2)16(3)11-19/h5-7,9,11-12,18,26H,4,8,10,13-14H2,1-3H3,(H,22,24)/t18-/m1/s1. The summed E-state index contributed by atoms with van der Waals surface area (Å²) < 4.78 is 5.90. The normalized spacial score (nSPS) is 17.3.